The molecule has 1 saturated heterocycles. The number of benzene rings is 1. The summed E-state index contributed by atoms with van der Waals surface area (Å²) in [5, 5.41) is 8.79. The van der Waals surface area contributed by atoms with Crippen LogP contribution in [0.1, 0.15) is 36.5 Å². The second-order valence-electron chi connectivity index (χ2n) is 5.68. The van der Waals surface area contributed by atoms with Gasteiger partial charge in [0.1, 0.15) is 5.75 Å². The zero-order chi connectivity index (χ0) is 15.9. The summed E-state index contributed by atoms with van der Waals surface area (Å²) < 4.78 is 5.51. The lowest BCUT2D eigenvalue weighted by Crippen LogP contribution is -2.39. The number of Topliss-reactive ketones (excluding diaryl/α,β-unsaturated/α-hetero) is 1. The van der Waals surface area contributed by atoms with Gasteiger partial charge in [-0.1, -0.05) is 6.92 Å². The number of ether oxygens (including phenoxy) is 1. The average molecular weight is 305 g/mol. The van der Waals surface area contributed by atoms with Gasteiger partial charge >= 0.3 is 5.97 Å². The number of carboxylic acid groups (broad SMARTS) is 1. The van der Waals surface area contributed by atoms with Crippen molar-refractivity contribution in [3.63, 3.8) is 0 Å². The average Bonchev–Trinajstić information content (AvgIpc) is 2.53. The summed E-state index contributed by atoms with van der Waals surface area (Å²) in [7, 11) is 0. The van der Waals surface area contributed by atoms with Gasteiger partial charge in [-0.05, 0) is 56.6 Å². The van der Waals surface area contributed by atoms with Gasteiger partial charge in [0, 0.05) is 11.5 Å². The predicted octanol–water partition coefficient (Wildman–Crippen LogP) is 2.45. The van der Waals surface area contributed by atoms with Gasteiger partial charge in [-0.15, -0.1) is 0 Å². The van der Waals surface area contributed by atoms with E-state index in [2.05, 4.69) is 6.92 Å². The van der Waals surface area contributed by atoms with Crippen molar-refractivity contribution in [1.82, 2.24) is 4.90 Å². The third kappa shape index (κ3) is 4.56. The van der Waals surface area contributed by atoms with E-state index < -0.39 is 5.97 Å². The molecule has 5 heteroatoms. The lowest BCUT2D eigenvalue weighted by atomic mass is 9.89. The number of hydrogen-bond acceptors (Lipinski definition) is 4. The van der Waals surface area contributed by atoms with E-state index in [0.717, 1.165) is 25.0 Å². The first-order valence-electron chi connectivity index (χ1n) is 7.81. The fraction of sp³-hybridized carbons (Fsp3) is 0.529. The largest absolute Gasteiger partial charge is 0.494 e. The number of carbonyl (C=O) groups excluding carboxylic acids is 1. The van der Waals surface area contributed by atoms with Crippen molar-refractivity contribution in [2.45, 2.75) is 26.2 Å². The molecule has 1 heterocycles. The molecule has 0 spiro atoms. The van der Waals surface area contributed by atoms with Gasteiger partial charge in [0.05, 0.1) is 13.2 Å². The molecule has 1 aromatic rings. The molecule has 0 saturated carbocycles. The standard InChI is InChI=1S/C17H23NO4/c1-2-11-22-15-5-3-13(4-6-15)17(21)14-7-9-18(10-8-14)12-16(19)20/h3-6,14H,2,7-12H2,1H3,(H,19,20). The number of aliphatic carboxylic acids is 1. The number of ketones is 1. The lowest BCUT2D eigenvalue weighted by molar-refractivity contribution is -0.138. The number of rotatable bonds is 7. The Kier molecular flexibility index (Phi) is 5.95. The number of likely N-dealkylation sites (tertiary alicyclic amines) is 1. The molecule has 22 heavy (non-hydrogen) atoms. The lowest BCUT2D eigenvalue weighted by Gasteiger charge is -2.29. The number of carbonyl (C=O) groups is 2. The van der Waals surface area contributed by atoms with Gasteiger partial charge in [-0.2, -0.15) is 0 Å². The van der Waals surface area contributed by atoms with Crippen molar-refractivity contribution in [3.05, 3.63) is 29.8 Å². The molecule has 0 unspecified atom stereocenters. The highest BCUT2D eigenvalue weighted by molar-refractivity contribution is 5.98. The molecule has 5 nitrogen and oxygen atoms in total. The molecule has 0 bridgehead atoms. The third-order valence-corrected chi connectivity index (χ3v) is 3.93. The number of piperidine rings is 1. The van der Waals surface area contributed by atoms with Gasteiger partial charge < -0.3 is 9.84 Å². The first-order chi connectivity index (χ1) is 10.6. The number of hydrogen-bond donors (Lipinski definition) is 1. The van der Waals surface area contributed by atoms with Crippen molar-refractivity contribution in [2.24, 2.45) is 5.92 Å². The van der Waals surface area contributed by atoms with Crippen LogP contribution in [0.2, 0.25) is 0 Å². The summed E-state index contributed by atoms with van der Waals surface area (Å²) in [6.45, 7) is 4.12. The highest BCUT2D eigenvalue weighted by Gasteiger charge is 2.26. The Morgan fingerprint density at radius 2 is 1.86 bits per heavy atom. The molecule has 1 fully saturated rings. The van der Waals surface area contributed by atoms with Crippen LogP contribution < -0.4 is 4.74 Å². The summed E-state index contributed by atoms with van der Waals surface area (Å²) in [5.74, 6) is 0.117. The quantitative estimate of drug-likeness (QED) is 0.784. The van der Waals surface area contributed by atoms with E-state index in [1.807, 2.05) is 29.2 Å². The molecule has 1 aliphatic rings. The summed E-state index contributed by atoms with van der Waals surface area (Å²) >= 11 is 0. The van der Waals surface area contributed by atoms with Crippen molar-refractivity contribution in [3.8, 4) is 5.75 Å². The molecule has 1 aliphatic heterocycles. The molecule has 2 rings (SSSR count). The zero-order valence-electron chi connectivity index (χ0n) is 13.0. The van der Waals surface area contributed by atoms with Crippen LogP contribution >= 0.6 is 0 Å². The molecule has 1 N–H and O–H groups in total. The summed E-state index contributed by atoms with van der Waals surface area (Å²) in [5.41, 5.74) is 0.709. The highest BCUT2D eigenvalue weighted by Crippen LogP contribution is 2.23. The Morgan fingerprint density at radius 3 is 2.41 bits per heavy atom. The minimum absolute atomic E-state index is 0.00699. The van der Waals surface area contributed by atoms with Crippen LogP contribution in [0.25, 0.3) is 0 Å². The molecule has 1 aromatic carbocycles. The molecule has 0 atom stereocenters. The Hall–Kier alpha value is -1.88. The highest BCUT2D eigenvalue weighted by atomic mass is 16.5. The summed E-state index contributed by atoms with van der Waals surface area (Å²) in [6.07, 6.45) is 2.40. The van der Waals surface area contributed by atoms with Gasteiger partial charge in [0.15, 0.2) is 5.78 Å². The molecule has 120 valence electrons. The fourth-order valence-electron chi connectivity index (χ4n) is 2.72. The Labute approximate surface area is 130 Å². The van der Waals surface area contributed by atoms with Gasteiger partial charge in [-0.25, -0.2) is 0 Å². The second kappa shape index (κ2) is 7.94. The van der Waals surface area contributed by atoms with Crippen LogP contribution in [0.5, 0.6) is 5.75 Å². The van der Waals surface area contributed by atoms with E-state index in [0.29, 0.717) is 25.3 Å². The van der Waals surface area contributed by atoms with Crippen molar-refractivity contribution >= 4 is 11.8 Å². The summed E-state index contributed by atoms with van der Waals surface area (Å²) in [6, 6.07) is 7.30. The summed E-state index contributed by atoms with van der Waals surface area (Å²) in [4.78, 5) is 25.1. The van der Waals surface area contributed by atoms with Crippen LogP contribution in [-0.2, 0) is 4.79 Å². The Balaban J connectivity index is 1.88. The first-order valence-corrected chi connectivity index (χ1v) is 7.81. The monoisotopic (exact) mass is 305 g/mol. The molecule has 0 radical (unpaired) electrons. The zero-order valence-corrected chi connectivity index (χ0v) is 13.0. The van der Waals surface area contributed by atoms with Crippen LogP contribution in [-0.4, -0.2) is 48.0 Å². The van der Waals surface area contributed by atoms with E-state index in [-0.39, 0.29) is 18.2 Å². The maximum Gasteiger partial charge on any atom is 0.317 e. The predicted molar refractivity (Wildman–Crippen MR) is 83.4 cm³/mol. The maximum atomic E-state index is 12.5. The number of carboxylic acids is 1. The van der Waals surface area contributed by atoms with E-state index in [1.165, 1.54) is 0 Å². The maximum absolute atomic E-state index is 12.5. The van der Waals surface area contributed by atoms with Crippen LogP contribution in [0.15, 0.2) is 24.3 Å². The van der Waals surface area contributed by atoms with Crippen molar-refractivity contribution in [2.75, 3.05) is 26.2 Å². The number of nitrogens with zero attached hydrogens (tertiary/aromatic N) is 1. The SMILES string of the molecule is CCCOc1ccc(C(=O)C2CCN(CC(=O)O)CC2)cc1. The second-order valence-corrected chi connectivity index (χ2v) is 5.68. The topological polar surface area (TPSA) is 66.8 Å². The molecular formula is C17H23NO4. The van der Waals surface area contributed by atoms with Crippen LogP contribution in [0.3, 0.4) is 0 Å². The van der Waals surface area contributed by atoms with E-state index in [1.54, 1.807) is 0 Å². The first kappa shape index (κ1) is 16.5. The Bertz CT molecular complexity index is 504. The minimum atomic E-state index is -0.813. The van der Waals surface area contributed by atoms with Crippen LogP contribution in [0.4, 0.5) is 0 Å². The third-order valence-electron chi connectivity index (χ3n) is 3.93. The normalized spacial score (nSPS) is 16.4. The van der Waals surface area contributed by atoms with Crippen LogP contribution in [0, 0.1) is 5.92 Å². The smallest absolute Gasteiger partial charge is 0.317 e. The fourth-order valence-corrected chi connectivity index (χ4v) is 2.72. The molecule has 0 aliphatic carbocycles. The van der Waals surface area contributed by atoms with Crippen molar-refractivity contribution in [1.29, 1.82) is 0 Å². The molecule has 0 aromatic heterocycles. The molecular weight excluding hydrogens is 282 g/mol. The van der Waals surface area contributed by atoms with Gasteiger partial charge in [-0.3, -0.25) is 14.5 Å². The minimum Gasteiger partial charge on any atom is -0.494 e. The molecule has 0 amide bonds. The Morgan fingerprint density at radius 1 is 1.23 bits per heavy atom. The van der Waals surface area contributed by atoms with E-state index >= 15 is 0 Å². The van der Waals surface area contributed by atoms with E-state index in [9.17, 15) is 9.59 Å². The van der Waals surface area contributed by atoms with Gasteiger partial charge in [0.25, 0.3) is 0 Å². The van der Waals surface area contributed by atoms with E-state index in [4.69, 9.17) is 9.84 Å². The van der Waals surface area contributed by atoms with Crippen molar-refractivity contribution < 1.29 is 19.4 Å². The van der Waals surface area contributed by atoms with Gasteiger partial charge in [0.2, 0.25) is 0 Å².